The summed E-state index contributed by atoms with van der Waals surface area (Å²) in [4.78, 5) is 8.57. The molecule has 0 atom stereocenters. The second-order valence-corrected chi connectivity index (χ2v) is 5.80. The lowest BCUT2D eigenvalue weighted by atomic mass is 9.74. The van der Waals surface area contributed by atoms with Gasteiger partial charge in [0.15, 0.2) is 0 Å². The Balaban J connectivity index is 1.83. The number of ether oxygens (including phenoxy) is 1. The Morgan fingerprint density at radius 2 is 2.09 bits per heavy atom. The second-order valence-electron chi connectivity index (χ2n) is 5.80. The largest absolute Gasteiger partial charge is 0.381 e. The summed E-state index contributed by atoms with van der Waals surface area (Å²) in [5.74, 6) is 0.556. The fraction of sp³-hybridized carbons (Fsp3) is 0.412. The van der Waals surface area contributed by atoms with E-state index in [0.717, 1.165) is 29.9 Å². The van der Waals surface area contributed by atoms with Gasteiger partial charge in [-0.3, -0.25) is 4.98 Å². The molecular weight excluding hydrogens is 281 g/mol. The number of anilines is 1. The molecule has 0 saturated carbocycles. The van der Waals surface area contributed by atoms with Crippen LogP contribution in [0.4, 0.5) is 10.2 Å². The third-order valence-corrected chi connectivity index (χ3v) is 4.25. The van der Waals surface area contributed by atoms with Crippen molar-refractivity contribution in [2.24, 2.45) is 0 Å². The molecule has 1 saturated heterocycles. The standard InChI is InChI=1S/C17H20FN3O/c1-13-10-19-11-16(21-13)20-12-17(5-7-22-8-6-17)14-3-2-4-15(18)9-14/h2-4,9-11H,5-8,12H2,1H3,(H,20,21). The molecule has 0 aliphatic carbocycles. The van der Waals surface area contributed by atoms with E-state index in [0.29, 0.717) is 19.8 Å². The molecule has 1 fully saturated rings. The van der Waals surface area contributed by atoms with Gasteiger partial charge in [-0.15, -0.1) is 0 Å². The summed E-state index contributed by atoms with van der Waals surface area (Å²) < 4.78 is 19.1. The predicted octanol–water partition coefficient (Wildman–Crippen LogP) is 3.08. The van der Waals surface area contributed by atoms with E-state index in [1.54, 1.807) is 24.5 Å². The molecule has 2 aromatic rings. The molecule has 1 aromatic carbocycles. The van der Waals surface area contributed by atoms with E-state index in [2.05, 4.69) is 15.3 Å². The van der Waals surface area contributed by atoms with E-state index in [4.69, 9.17) is 4.74 Å². The van der Waals surface area contributed by atoms with Crippen molar-refractivity contribution in [1.29, 1.82) is 0 Å². The summed E-state index contributed by atoms with van der Waals surface area (Å²) in [5, 5.41) is 3.36. The molecule has 2 heterocycles. The number of halogens is 1. The molecule has 22 heavy (non-hydrogen) atoms. The molecule has 1 aliphatic heterocycles. The van der Waals surface area contributed by atoms with Gasteiger partial charge in [-0.2, -0.15) is 0 Å². The van der Waals surface area contributed by atoms with Crippen LogP contribution in [0, 0.1) is 12.7 Å². The third-order valence-electron chi connectivity index (χ3n) is 4.25. The van der Waals surface area contributed by atoms with E-state index in [-0.39, 0.29) is 11.2 Å². The first-order chi connectivity index (χ1) is 10.7. The summed E-state index contributed by atoms with van der Waals surface area (Å²) >= 11 is 0. The molecule has 0 unspecified atom stereocenters. The van der Waals surface area contributed by atoms with E-state index in [1.165, 1.54) is 6.07 Å². The maximum atomic E-state index is 13.6. The van der Waals surface area contributed by atoms with Gasteiger partial charge in [-0.1, -0.05) is 12.1 Å². The minimum Gasteiger partial charge on any atom is -0.381 e. The van der Waals surface area contributed by atoms with Crippen LogP contribution >= 0.6 is 0 Å². The van der Waals surface area contributed by atoms with E-state index < -0.39 is 0 Å². The Kier molecular flexibility index (Phi) is 4.34. The second kappa shape index (κ2) is 6.40. The first-order valence-electron chi connectivity index (χ1n) is 7.54. The van der Waals surface area contributed by atoms with Gasteiger partial charge >= 0.3 is 0 Å². The summed E-state index contributed by atoms with van der Waals surface area (Å²) in [7, 11) is 0. The van der Waals surface area contributed by atoms with Gasteiger partial charge in [0.2, 0.25) is 0 Å². The molecule has 3 rings (SSSR count). The quantitative estimate of drug-likeness (QED) is 0.942. The van der Waals surface area contributed by atoms with Crippen molar-refractivity contribution < 1.29 is 9.13 Å². The minimum absolute atomic E-state index is 0.133. The molecule has 0 amide bonds. The third kappa shape index (κ3) is 3.25. The number of aromatic nitrogens is 2. The molecule has 0 radical (unpaired) electrons. The normalized spacial score (nSPS) is 17.2. The van der Waals surface area contributed by atoms with Crippen molar-refractivity contribution >= 4 is 5.82 Å². The number of hydrogen-bond donors (Lipinski definition) is 1. The topological polar surface area (TPSA) is 47.0 Å². The van der Waals surface area contributed by atoms with Crippen molar-refractivity contribution in [3.8, 4) is 0 Å². The first-order valence-corrected chi connectivity index (χ1v) is 7.54. The zero-order chi connectivity index (χ0) is 15.4. The van der Waals surface area contributed by atoms with Crippen LogP contribution in [0.2, 0.25) is 0 Å². The molecule has 1 aliphatic rings. The van der Waals surface area contributed by atoms with Crippen LogP contribution in [0.3, 0.4) is 0 Å². The fourth-order valence-corrected chi connectivity index (χ4v) is 2.96. The van der Waals surface area contributed by atoms with Crippen molar-refractivity contribution in [2.75, 3.05) is 25.1 Å². The van der Waals surface area contributed by atoms with Gasteiger partial charge in [0, 0.05) is 31.4 Å². The van der Waals surface area contributed by atoms with Crippen molar-refractivity contribution in [3.05, 3.63) is 53.7 Å². The van der Waals surface area contributed by atoms with Gasteiger partial charge in [-0.05, 0) is 37.5 Å². The summed E-state index contributed by atoms with van der Waals surface area (Å²) in [6.45, 7) is 3.99. The molecule has 1 N–H and O–H groups in total. The Morgan fingerprint density at radius 3 is 2.82 bits per heavy atom. The zero-order valence-electron chi connectivity index (χ0n) is 12.7. The maximum absolute atomic E-state index is 13.6. The average molecular weight is 301 g/mol. The highest BCUT2D eigenvalue weighted by Crippen LogP contribution is 2.35. The molecule has 1 aromatic heterocycles. The Bertz CT molecular complexity index is 641. The molecular formula is C17H20FN3O. The molecule has 0 spiro atoms. The Hall–Kier alpha value is -2.01. The fourth-order valence-electron chi connectivity index (χ4n) is 2.96. The average Bonchev–Trinajstić information content (AvgIpc) is 2.54. The first kappa shape index (κ1) is 14.9. The van der Waals surface area contributed by atoms with Crippen LogP contribution in [-0.4, -0.2) is 29.7 Å². The highest BCUT2D eigenvalue weighted by atomic mass is 19.1. The van der Waals surface area contributed by atoms with Gasteiger partial charge < -0.3 is 10.1 Å². The molecule has 116 valence electrons. The number of benzene rings is 1. The summed E-state index contributed by atoms with van der Waals surface area (Å²) in [6.07, 6.45) is 5.17. The predicted molar refractivity (Wildman–Crippen MR) is 83.4 cm³/mol. The summed E-state index contributed by atoms with van der Waals surface area (Å²) in [6, 6.07) is 6.89. The number of aryl methyl sites for hydroxylation is 1. The Labute approximate surface area is 129 Å². The monoisotopic (exact) mass is 301 g/mol. The van der Waals surface area contributed by atoms with Gasteiger partial charge in [0.05, 0.1) is 11.9 Å². The number of nitrogens with one attached hydrogen (secondary N) is 1. The van der Waals surface area contributed by atoms with Crippen LogP contribution < -0.4 is 5.32 Å². The zero-order valence-corrected chi connectivity index (χ0v) is 12.7. The van der Waals surface area contributed by atoms with E-state index in [1.807, 2.05) is 13.0 Å². The highest BCUT2D eigenvalue weighted by Gasteiger charge is 2.34. The molecule has 5 heteroatoms. The van der Waals surface area contributed by atoms with Crippen molar-refractivity contribution in [2.45, 2.75) is 25.2 Å². The Morgan fingerprint density at radius 1 is 1.27 bits per heavy atom. The van der Waals surface area contributed by atoms with Crippen molar-refractivity contribution in [1.82, 2.24) is 9.97 Å². The molecule has 4 nitrogen and oxygen atoms in total. The smallest absolute Gasteiger partial charge is 0.144 e. The maximum Gasteiger partial charge on any atom is 0.144 e. The lowest BCUT2D eigenvalue weighted by Crippen LogP contribution is -2.40. The molecule has 0 bridgehead atoms. The summed E-state index contributed by atoms with van der Waals surface area (Å²) in [5.41, 5.74) is 1.76. The van der Waals surface area contributed by atoms with E-state index in [9.17, 15) is 4.39 Å². The number of nitrogens with zero attached hydrogens (tertiary/aromatic N) is 2. The highest BCUT2D eigenvalue weighted by molar-refractivity contribution is 5.36. The van der Waals surface area contributed by atoms with Crippen LogP contribution in [0.15, 0.2) is 36.7 Å². The lowest BCUT2D eigenvalue weighted by Gasteiger charge is -2.38. The van der Waals surface area contributed by atoms with E-state index >= 15 is 0 Å². The number of hydrogen-bond acceptors (Lipinski definition) is 4. The van der Waals surface area contributed by atoms with Crippen LogP contribution in [0.5, 0.6) is 0 Å². The van der Waals surface area contributed by atoms with Crippen LogP contribution in [0.1, 0.15) is 24.1 Å². The SMILES string of the molecule is Cc1cncc(NCC2(c3cccc(F)c3)CCOCC2)n1. The van der Waals surface area contributed by atoms with Gasteiger partial charge in [0.25, 0.3) is 0 Å². The van der Waals surface area contributed by atoms with Crippen LogP contribution in [0.25, 0.3) is 0 Å². The minimum atomic E-state index is -0.196. The van der Waals surface area contributed by atoms with Crippen molar-refractivity contribution in [3.63, 3.8) is 0 Å². The lowest BCUT2D eigenvalue weighted by molar-refractivity contribution is 0.0542. The number of rotatable bonds is 4. The van der Waals surface area contributed by atoms with Gasteiger partial charge in [-0.25, -0.2) is 9.37 Å². The van der Waals surface area contributed by atoms with Crippen LogP contribution in [-0.2, 0) is 10.2 Å². The van der Waals surface area contributed by atoms with Gasteiger partial charge in [0.1, 0.15) is 11.6 Å².